The van der Waals surface area contributed by atoms with Crippen LogP contribution in [-0.4, -0.2) is 5.11 Å². The number of aliphatic hydroxyl groups is 1. The normalized spacial score (nSPS) is 13.3. The summed E-state index contributed by atoms with van der Waals surface area (Å²) in [5, 5.41) is 10.4. The molecule has 0 radical (unpaired) electrons. The molecule has 2 rings (SSSR count). The summed E-state index contributed by atoms with van der Waals surface area (Å²) in [7, 11) is 0. The first-order valence-corrected chi connectivity index (χ1v) is 6.87. The van der Waals surface area contributed by atoms with Crippen LogP contribution >= 0.6 is 27.5 Å². The molecule has 0 fully saturated rings. The number of alkyl halides is 3. The highest BCUT2D eigenvalue weighted by molar-refractivity contribution is 9.10. The standard InChI is InChI=1S/C14H8BrClF4O/c15-8-2-3-9(11(16)6-8)13(21)7-1-4-10(12(17)5-7)14(18,19)20/h1-6,13,21H. The van der Waals surface area contributed by atoms with Crippen LogP contribution in [0.15, 0.2) is 40.9 Å². The molecule has 0 amide bonds. The number of halogens is 6. The van der Waals surface area contributed by atoms with Crippen LogP contribution in [0.3, 0.4) is 0 Å². The van der Waals surface area contributed by atoms with Gasteiger partial charge >= 0.3 is 6.18 Å². The largest absolute Gasteiger partial charge is 0.419 e. The van der Waals surface area contributed by atoms with Crippen molar-refractivity contribution in [2.24, 2.45) is 0 Å². The van der Waals surface area contributed by atoms with Crippen LogP contribution in [0.5, 0.6) is 0 Å². The minimum atomic E-state index is -4.77. The van der Waals surface area contributed by atoms with Crippen molar-refractivity contribution in [3.05, 3.63) is 68.4 Å². The quantitative estimate of drug-likeness (QED) is 0.694. The van der Waals surface area contributed by atoms with Crippen molar-refractivity contribution in [1.29, 1.82) is 0 Å². The molecule has 0 heterocycles. The molecule has 0 aliphatic heterocycles. The maximum Gasteiger partial charge on any atom is 0.419 e. The van der Waals surface area contributed by atoms with E-state index in [4.69, 9.17) is 11.6 Å². The number of hydrogen-bond donors (Lipinski definition) is 1. The fourth-order valence-corrected chi connectivity index (χ4v) is 2.61. The van der Waals surface area contributed by atoms with Gasteiger partial charge in [-0.2, -0.15) is 13.2 Å². The van der Waals surface area contributed by atoms with Gasteiger partial charge in [0.2, 0.25) is 0 Å². The van der Waals surface area contributed by atoms with Crippen LogP contribution in [0.1, 0.15) is 22.8 Å². The van der Waals surface area contributed by atoms with Gasteiger partial charge < -0.3 is 5.11 Å². The smallest absolute Gasteiger partial charge is 0.384 e. The molecule has 1 nitrogen and oxygen atoms in total. The average molecular weight is 384 g/mol. The highest BCUT2D eigenvalue weighted by atomic mass is 79.9. The van der Waals surface area contributed by atoms with Gasteiger partial charge in [0.25, 0.3) is 0 Å². The zero-order chi connectivity index (χ0) is 15.8. The average Bonchev–Trinajstić information content (AvgIpc) is 2.36. The first kappa shape index (κ1) is 16.3. The summed E-state index contributed by atoms with van der Waals surface area (Å²) >= 11 is 9.15. The molecule has 0 aliphatic carbocycles. The lowest BCUT2D eigenvalue weighted by Crippen LogP contribution is -2.09. The lowest BCUT2D eigenvalue weighted by Gasteiger charge is -2.15. The SMILES string of the molecule is OC(c1ccc(C(F)(F)F)c(F)c1)c1ccc(Br)cc1Cl. The molecule has 21 heavy (non-hydrogen) atoms. The highest BCUT2D eigenvalue weighted by Gasteiger charge is 2.34. The van der Waals surface area contributed by atoms with Crippen LogP contribution in [0.2, 0.25) is 5.02 Å². The molecule has 7 heteroatoms. The molecular formula is C14H8BrClF4O. The molecule has 0 saturated carbocycles. The van der Waals surface area contributed by atoms with Gasteiger partial charge in [-0.3, -0.25) is 0 Å². The predicted molar refractivity (Wildman–Crippen MR) is 74.6 cm³/mol. The van der Waals surface area contributed by atoms with E-state index >= 15 is 0 Å². The summed E-state index contributed by atoms with van der Waals surface area (Å²) in [6.45, 7) is 0. The zero-order valence-corrected chi connectivity index (χ0v) is 12.6. The second kappa shape index (κ2) is 5.94. The minimum Gasteiger partial charge on any atom is -0.384 e. The second-order valence-electron chi connectivity index (χ2n) is 4.31. The number of benzene rings is 2. The lowest BCUT2D eigenvalue weighted by atomic mass is 10.00. The number of rotatable bonds is 2. The Kier molecular flexibility index (Phi) is 4.60. The molecule has 1 atom stereocenters. The van der Waals surface area contributed by atoms with Gasteiger partial charge in [0.05, 0.1) is 5.56 Å². The van der Waals surface area contributed by atoms with Gasteiger partial charge in [0.1, 0.15) is 11.9 Å². The summed E-state index contributed by atoms with van der Waals surface area (Å²) in [6, 6.07) is 6.93. The van der Waals surface area contributed by atoms with Crippen LogP contribution in [-0.2, 0) is 6.18 Å². The van der Waals surface area contributed by atoms with Crippen molar-refractivity contribution in [1.82, 2.24) is 0 Å². The third-order valence-electron chi connectivity index (χ3n) is 2.87. The highest BCUT2D eigenvalue weighted by Crippen LogP contribution is 2.35. The Morgan fingerprint density at radius 3 is 2.29 bits per heavy atom. The van der Waals surface area contributed by atoms with Crippen LogP contribution in [0.25, 0.3) is 0 Å². The third-order valence-corrected chi connectivity index (χ3v) is 3.69. The third kappa shape index (κ3) is 3.56. The zero-order valence-electron chi connectivity index (χ0n) is 10.3. The minimum absolute atomic E-state index is 0.00952. The summed E-state index contributed by atoms with van der Waals surface area (Å²) < 4.78 is 51.7. The van der Waals surface area contributed by atoms with Gasteiger partial charge in [-0.25, -0.2) is 4.39 Å². The molecular weight excluding hydrogens is 376 g/mol. The van der Waals surface area contributed by atoms with E-state index in [2.05, 4.69) is 15.9 Å². The van der Waals surface area contributed by atoms with Crippen molar-refractivity contribution in [3.8, 4) is 0 Å². The molecule has 0 spiro atoms. The summed E-state index contributed by atoms with van der Waals surface area (Å²) in [6.07, 6.45) is -6.09. The van der Waals surface area contributed by atoms with Gasteiger partial charge in [0.15, 0.2) is 0 Å². The molecule has 0 saturated heterocycles. The Morgan fingerprint density at radius 2 is 1.76 bits per heavy atom. The molecule has 2 aromatic rings. The van der Waals surface area contributed by atoms with Gasteiger partial charge in [-0.05, 0) is 29.8 Å². The van der Waals surface area contributed by atoms with Crippen molar-refractivity contribution in [2.45, 2.75) is 12.3 Å². The van der Waals surface area contributed by atoms with E-state index in [9.17, 15) is 22.7 Å². The van der Waals surface area contributed by atoms with E-state index in [-0.39, 0.29) is 16.1 Å². The van der Waals surface area contributed by atoms with Crippen molar-refractivity contribution < 1.29 is 22.7 Å². The topological polar surface area (TPSA) is 20.2 Å². The molecule has 0 bridgehead atoms. The van der Waals surface area contributed by atoms with Crippen molar-refractivity contribution in [3.63, 3.8) is 0 Å². The Labute approximate surface area is 131 Å². The van der Waals surface area contributed by atoms with E-state index < -0.39 is 23.7 Å². The first-order valence-electron chi connectivity index (χ1n) is 5.70. The molecule has 1 N–H and O–H groups in total. The van der Waals surface area contributed by atoms with E-state index in [1.165, 1.54) is 12.1 Å². The Morgan fingerprint density at radius 1 is 1.10 bits per heavy atom. The maximum absolute atomic E-state index is 13.5. The van der Waals surface area contributed by atoms with Crippen LogP contribution in [0, 0.1) is 5.82 Å². The van der Waals surface area contributed by atoms with E-state index in [1.54, 1.807) is 6.07 Å². The number of aliphatic hydroxyl groups excluding tert-OH is 1. The van der Waals surface area contributed by atoms with Crippen molar-refractivity contribution >= 4 is 27.5 Å². The molecule has 0 aliphatic rings. The maximum atomic E-state index is 13.5. The number of hydrogen-bond acceptors (Lipinski definition) is 1. The fraction of sp³-hybridized carbons (Fsp3) is 0.143. The molecule has 0 aromatic heterocycles. The van der Waals surface area contributed by atoms with Gasteiger partial charge in [-0.15, -0.1) is 0 Å². The van der Waals surface area contributed by atoms with Crippen molar-refractivity contribution in [2.75, 3.05) is 0 Å². The lowest BCUT2D eigenvalue weighted by molar-refractivity contribution is -0.140. The Bertz CT molecular complexity index is 673. The molecule has 112 valence electrons. The second-order valence-corrected chi connectivity index (χ2v) is 5.63. The Hall–Kier alpha value is -1.11. The van der Waals surface area contributed by atoms with Gasteiger partial charge in [-0.1, -0.05) is 39.7 Å². The molecule has 1 unspecified atom stereocenters. The monoisotopic (exact) mass is 382 g/mol. The van der Waals surface area contributed by atoms with E-state index in [1.807, 2.05) is 0 Å². The Balaban J connectivity index is 2.40. The predicted octanol–water partition coefficient (Wildman–Crippen LogP) is 5.34. The summed E-state index contributed by atoms with van der Waals surface area (Å²) in [5.41, 5.74) is -1.11. The first-order chi connectivity index (χ1) is 9.70. The van der Waals surface area contributed by atoms with Crippen LogP contribution < -0.4 is 0 Å². The van der Waals surface area contributed by atoms with E-state index in [0.29, 0.717) is 16.6 Å². The fourth-order valence-electron chi connectivity index (χ4n) is 1.83. The van der Waals surface area contributed by atoms with Crippen LogP contribution in [0.4, 0.5) is 17.6 Å². The van der Waals surface area contributed by atoms with Gasteiger partial charge in [0, 0.05) is 15.1 Å². The summed E-state index contributed by atoms with van der Waals surface area (Å²) in [4.78, 5) is 0. The van der Waals surface area contributed by atoms with E-state index in [0.717, 1.165) is 6.07 Å². The summed E-state index contributed by atoms with van der Waals surface area (Å²) in [5.74, 6) is -1.44. The molecule has 2 aromatic carbocycles.